The van der Waals surface area contributed by atoms with Crippen LogP contribution in [0.4, 0.5) is 17.1 Å². The molecule has 0 spiro atoms. The Balaban J connectivity index is 1.78. The number of hydrogen-bond donors (Lipinski definition) is 1. The van der Waals surface area contributed by atoms with Crippen LogP contribution in [-0.4, -0.2) is 73.1 Å². The topological polar surface area (TPSA) is 135 Å². The normalized spacial score (nSPS) is 17.0. The number of nitrogens with zero attached hydrogens (tertiary/aromatic N) is 4. The Morgan fingerprint density at radius 2 is 1.76 bits per heavy atom. The summed E-state index contributed by atoms with van der Waals surface area (Å²) in [6, 6.07) is 9.04. The van der Waals surface area contributed by atoms with Gasteiger partial charge in [0.1, 0.15) is 17.1 Å². The van der Waals surface area contributed by atoms with Gasteiger partial charge in [-0.25, -0.2) is 4.90 Å². The van der Waals surface area contributed by atoms with Crippen LogP contribution in [-0.2, 0) is 14.4 Å². The predicted octanol–water partition coefficient (Wildman–Crippen LogP) is 2.11. The monoisotopic (exact) mass is 539 g/mol. The number of nitrogens with one attached hydrogen (secondary N) is 1. The van der Waals surface area contributed by atoms with Gasteiger partial charge in [-0.15, -0.1) is 0 Å². The second-order valence-electron chi connectivity index (χ2n) is 8.49. The maximum atomic E-state index is 13.7. The van der Waals surface area contributed by atoms with Gasteiger partial charge >= 0.3 is 0 Å². The molecule has 2 aliphatic rings. The fraction of sp³-hybridized carbons (Fsp3) is 0.280. The largest absolute Gasteiger partial charge is 0.497 e. The maximum absolute atomic E-state index is 13.7. The van der Waals surface area contributed by atoms with Crippen molar-refractivity contribution < 1.29 is 28.8 Å². The average Bonchev–Trinajstić information content (AvgIpc) is 2.90. The van der Waals surface area contributed by atoms with Crippen molar-refractivity contribution in [2.24, 2.45) is 0 Å². The molecule has 38 heavy (non-hydrogen) atoms. The molecule has 1 N–H and O–H groups in total. The standard InChI is InChI=1S/C25H25N5O7S/c1-15(31)27-8-10-28(11-9-27)20-6-4-17(30(34)35)12-16(20)13-19-23(32)26-25(38)29(24(19)33)21-14-18(36-2)5-7-22(21)37-3/h4-7,12-14H,8-11H2,1-3H3,(H,26,32,38)/b19-13-. The number of amides is 3. The molecule has 2 aromatic carbocycles. The van der Waals surface area contributed by atoms with E-state index in [4.69, 9.17) is 21.7 Å². The minimum atomic E-state index is -0.739. The highest BCUT2D eigenvalue weighted by Crippen LogP contribution is 2.35. The highest BCUT2D eigenvalue weighted by atomic mass is 32.1. The third-order valence-electron chi connectivity index (χ3n) is 6.32. The first-order valence-electron chi connectivity index (χ1n) is 11.6. The third-order valence-corrected chi connectivity index (χ3v) is 6.60. The number of benzene rings is 2. The third kappa shape index (κ3) is 5.13. The van der Waals surface area contributed by atoms with Crippen LogP contribution in [0.15, 0.2) is 42.0 Å². The molecular formula is C25H25N5O7S. The molecule has 2 aromatic rings. The van der Waals surface area contributed by atoms with Crippen LogP contribution in [0.25, 0.3) is 6.08 Å². The number of rotatable bonds is 6. The minimum absolute atomic E-state index is 0.0378. The van der Waals surface area contributed by atoms with Gasteiger partial charge in [0.05, 0.1) is 24.8 Å². The van der Waals surface area contributed by atoms with Crippen molar-refractivity contribution in [3.8, 4) is 11.5 Å². The summed E-state index contributed by atoms with van der Waals surface area (Å²) in [5.74, 6) is -0.758. The highest BCUT2D eigenvalue weighted by Gasteiger charge is 2.36. The molecule has 2 fully saturated rings. The summed E-state index contributed by atoms with van der Waals surface area (Å²) in [7, 11) is 2.90. The Bertz CT molecular complexity index is 1370. The van der Waals surface area contributed by atoms with Gasteiger partial charge in [0, 0.05) is 62.6 Å². The van der Waals surface area contributed by atoms with Crippen molar-refractivity contribution in [1.29, 1.82) is 0 Å². The number of carbonyl (C=O) groups is 3. The maximum Gasteiger partial charge on any atom is 0.270 e. The number of methoxy groups -OCH3 is 2. The van der Waals surface area contributed by atoms with E-state index in [-0.39, 0.29) is 28.0 Å². The molecule has 0 atom stereocenters. The molecule has 13 heteroatoms. The second-order valence-corrected chi connectivity index (χ2v) is 8.88. The number of non-ortho nitro benzene ring substituents is 1. The summed E-state index contributed by atoms with van der Waals surface area (Å²) in [5.41, 5.74) is 0.679. The molecule has 12 nitrogen and oxygen atoms in total. The lowest BCUT2D eigenvalue weighted by molar-refractivity contribution is -0.384. The van der Waals surface area contributed by atoms with E-state index in [1.165, 1.54) is 39.4 Å². The molecule has 4 rings (SSSR count). The molecule has 198 valence electrons. The van der Waals surface area contributed by atoms with E-state index in [1.807, 2.05) is 4.90 Å². The molecule has 0 saturated carbocycles. The van der Waals surface area contributed by atoms with Gasteiger partial charge in [-0.1, -0.05) is 0 Å². The van der Waals surface area contributed by atoms with Crippen LogP contribution >= 0.6 is 12.2 Å². The van der Waals surface area contributed by atoms with Crippen LogP contribution in [0.2, 0.25) is 0 Å². The van der Waals surface area contributed by atoms with Crippen LogP contribution in [0.1, 0.15) is 12.5 Å². The molecule has 0 aromatic heterocycles. The number of ether oxygens (including phenoxy) is 2. The number of carbonyl (C=O) groups excluding carboxylic acids is 3. The zero-order valence-corrected chi connectivity index (χ0v) is 21.7. The zero-order chi connectivity index (χ0) is 27.6. The van der Waals surface area contributed by atoms with Crippen LogP contribution in [0, 0.1) is 10.1 Å². The van der Waals surface area contributed by atoms with Crippen molar-refractivity contribution in [3.63, 3.8) is 0 Å². The van der Waals surface area contributed by atoms with Crippen molar-refractivity contribution in [2.75, 3.05) is 50.2 Å². The van der Waals surface area contributed by atoms with Crippen molar-refractivity contribution in [2.45, 2.75) is 6.92 Å². The average molecular weight is 540 g/mol. The molecule has 2 heterocycles. The number of thiocarbonyl (C=S) groups is 1. The molecule has 2 saturated heterocycles. The fourth-order valence-electron chi connectivity index (χ4n) is 4.32. The smallest absolute Gasteiger partial charge is 0.270 e. The Hall–Kier alpha value is -4.52. The van der Waals surface area contributed by atoms with Crippen LogP contribution < -0.4 is 24.6 Å². The van der Waals surface area contributed by atoms with Gasteiger partial charge in [-0.2, -0.15) is 0 Å². The predicted molar refractivity (Wildman–Crippen MR) is 143 cm³/mol. The molecule has 3 amide bonds. The second kappa shape index (κ2) is 10.8. The molecule has 2 aliphatic heterocycles. The first-order valence-corrected chi connectivity index (χ1v) is 12.0. The van der Waals surface area contributed by atoms with E-state index in [1.54, 1.807) is 29.2 Å². The van der Waals surface area contributed by atoms with Crippen LogP contribution in [0.5, 0.6) is 11.5 Å². The number of hydrogen-bond acceptors (Lipinski definition) is 9. The first-order chi connectivity index (χ1) is 18.1. The fourth-order valence-corrected chi connectivity index (χ4v) is 4.60. The van der Waals surface area contributed by atoms with Gasteiger partial charge in [0.15, 0.2) is 5.11 Å². The van der Waals surface area contributed by atoms with Gasteiger partial charge < -0.3 is 19.3 Å². The summed E-state index contributed by atoms with van der Waals surface area (Å²) in [6.07, 6.45) is 1.32. The lowest BCUT2D eigenvalue weighted by Gasteiger charge is -2.36. The van der Waals surface area contributed by atoms with E-state index in [0.29, 0.717) is 48.9 Å². The summed E-state index contributed by atoms with van der Waals surface area (Å²) < 4.78 is 10.7. The Morgan fingerprint density at radius 3 is 2.37 bits per heavy atom. The number of piperazine rings is 1. The Kier molecular flexibility index (Phi) is 7.57. The van der Waals surface area contributed by atoms with Crippen molar-refractivity contribution >= 4 is 58.2 Å². The summed E-state index contributed by atoms with van der Waals surface area (Å²) >= 11 is 5.30. The quantitative estimate of drug-likeness (QED) is 0.193. The van der Waals surface area contributed by atoms with E-state index in [9.17, 15) is 24.5 Å². The van der Waals surface area contributed by atoms with Crippen molar-refractivity contribution in [3.05, 3.63) is 57.6 Å². The van der Waals surface area contributed by atoms with Gasteiger partial charge in [0.25, 0.3) is 17.5 Å². The summed E-state index contributed by atoms with van der Waals surface area (Å²) in [6.45, 7) is 3.40. The molecule has 0 bridgehead atoms. The molecule has 0 unspecified atom stereocenters. The molecule has 0 radical (unpaired) electrons. The number of nitro groups is 1. The lowest BCUT2D eigenvalue weighted by Crippen LogP contribution is -2.54. The van der Waals surface area contributed by atoms with Crippen molar-refractivity contribution in [1.82, 2.24) is 10.2 Å². The van der Waals surface area contributed by atoms with E-state index >= 15 is 0 Å². The molecule has 0 aliphatic carbocycles. The summed E-state index contributed by atoms with van der Waals surface area (Å²) in [4.78, 5) is 54.1. The number of nitro benzene ring substituents is 1. The number of anilines is 2. The molecular weight excluding hydrogens is 514 g/mol. The zero-order valence-electron chi connectivity index (χ0n) is 20.9. The van der Waals surface area contributed by atoms with Gasteiger partial charge in [-0.3, -0.25) is 29.8 Å². The Morgan fingerprint density at radius 1 is 1.05 bits per heavy atom. The van der Waals surface area contributed by atoms with Gasteiger partial charge in [0.2, 0.25) is 5.91 Å². The minimum Gasteiger partial charge on any atom is -0.497 e. The lowest BCUT2D eigenvalue weighted by atomic mass is 10.0. The Labute approximate surface area is 223 Å². The highest BCUT2D eigenvalue weighted by molar-refractivity contribution is 7.80. The van der Waals surface area contributed by atoms with E-state index in [0.717, 1.165) is 4.90 Å². The van der Waals surface area contributed by atoms with E-state index in [2.05, 4.69) is 5.32 Å². The van der Waals surface area contributed by atoms with Crippen LogP contribution in [0.3, 0.4) is 0 Å². The van der Waals surface area contributed by atoms with E-state index < -0.39 is 16.7 Å². The SMILES string of the molecule is COc1ccc(OC)c(N2C(=O)/C(=C\c3cc([N+](=O)[O-])ccc3N3CCN(C(C)=O)CC3)C(=O)NC2=S)c1. The summed E-state index contributed by atoms with van der Waals surface area (Å²) in [5, 5.41) is 13.9. The van der Waals surface area contributed by atoms with Gasteiger partial charge in [-0.05, 0) is 36.5 Å². The first kappa shape index (κ1) is 26.5.